The lowest BCUT2D eigenvalue weighted by Crippen LogP contribution is -2.31. The zero-order chi connectivity index (χ0) is 29.8. The first-order valence-electron chi connectivity index (χ1n) is 13.6. The molecule has 43 heavy (non-hydrogen) atoms. The topological polar surface area (TPSA) is 122 Å². The molecular weight excluding hydrogens is 551 g/mol. The molecule has 0 saturated heterocycles. The number of nitrogens with one attached hydrogen (secondary N) is 1. The van der Waals surface area contributed by atoms with Crippen molar-refractivity contribution in [2.24, 2.45) is 5.73 Å². The number of para-hydroxylation sites is 1. The van der Waals surface area contributed by atoms with Crippen LogP contribution < -0.4 is 26.1 Å². The van der Waals surface area contributed by atoms with Gasteiger partial charge in [0.2, 0.25) is 5.91 Å². The minimum absolute atomic E-state index is 0.239. The van der Waals surface area contributed by atoms with Gasteiger partial charge in [-0.05, 0) is 72.3 Å². The lowest BCUT2D eigenvalue weighted by atomic mass is 10.1. The number of carbonyl (C=O) groups excluding carboxylic acids is 1. The number of hydrogen-bond donors (Lipinski definition) is 2. The highest BCUT2D eigenvalue weighted by molar-refractivity contribution is 6.05. The van der Waals surface area contributed by atoms with Crippen molar-refractivity contribution in [2.45, 2.75) is 13.1 Å². The van der Waals surface area contributed by atoms with Crippen LogP contribution in [-0.4, -0.2) is 28.7 Å². The quantitative estimate of drug-likeness (QED) is 0.195. The van der Waals surface area contributed by atoms with E-state index in [1.165, 1.54) is 22.9 Å². The number of benzene rings is 4. The smallest absolute Gasteiger partial charge is 0.277 e. The van der Waals surface area contributed by atoms with Gasteiger partial charge in [0.15, 0.2) is 0 Å². The number of carbonyl (C=O) groups is 1. The Morgan fingerprint density at radius 2 is 1.56 bits per heavy atom. The summed E-state index contributed by atoms with van der Waals surface area (Å²) in [7, 11) is 0. The summed E-state index contributed by atoms with van der Waals surface area (Å²) in [5.41, 5.74) is 8.45. The first-order chi connectivity index (χ1) is 20.9. The molecule has 10 heteroatoms. The molecule has 9 nitrogen and oxygen atoms in total. The zero-order valence-corrected chi connectivity index (χ0v) is 23.0. The van der Waals surface area contributed by atoms with Crippen LogP contribution in [0.25, 0.3) is 33.3 Å². The van der Waals surface area contributed by atoms with Crippen LogP contribution in [0.3, 0.4) is 0 Å². The number of fused-ring (bicyclic) bond motifs is 3. The molecule has 0 radical (unpaired) electrons. The molecule has 6 aromatic rings. The second kappa shape index (κ2) is 12.1. The molecule has 2 heterocycles. The molecule has 4 aromatic carbocycles. The van der Waals surface area contributed by atoms with E-state index in [1.807, 2.05) is 42.5 Å². The Balaban J connectivity index is 1.15. The Kier molecular flexibility index (Phi) is 7.73. The number of amides is 1. The summed E-state index contributed by atoms with van der Waals surface area (Å²) in [5, 5.41) is 5.16. The number of ether oxygens (including phenoxy) is 2. The van der Waals surface area contributed by atoms with Crippen LogP contribution in [0.4, 0.5) is 10.1 Å². The van der Waals surface area contributed by atoms with Crippen molar-refractivity contribution in [3.63, 3.8) is 0 Å². The van der Waals surface area contributed by atoms with Gasteiger partial charge in [-0.25, -0.2) is 9.37 Å². The second-order valence-corrected chi connectivity index (χ2v) is 9.81. The van der Waals surface area contributed by atoms with Gasteiger partial charge < -0.3 is 24.9 Å². The van der Waals surface area contributed by atoms with E-state index in [0.717, 1.165) is 27.5 Å². The van der Waals surface area contributed by atoms with E-state index >= 15 is 0 Å². The standard InChI is InChI=1S/C33H27FN4O5/c34-23-8-12-25(13-9-23)42-16-15-41-24-10-6-22(7-11-24)32-37-19-28(33(40)38(32)20-31(35)39)36-18-21-5-14-30-27(17-21)26-3-1-2-4-29(26)43-30/h1-14,17,19,36H,15-16,18,20H2,(H2,35,39). The molecule has 0 aliphatic rings. The highest BCUT2D eigenvalue weighted by atomic mass is 19.1. The monoisotopic (exact) mass is 578 g/mol. The number of hydrogen-bond acceptors (Lipinski definition) is 7. The SMILES string of the molecule is NC(=O)Cn1c(-c2ccc(OCCOc3ccc(F)cc3)cc2)ncc(NCc2ccc3oc4ccccc4c3c2)c1=O. The molecule has 0 unspecified atom stereocenters. The predicted molar refractivity (Wildman–Crippen MR) is 162 cm³/mol. The van der Waals surface area contributed by atoms with Gasteiger partial charge in [-0.2, -0.15) is 0 Å². The second-order valence-electron chi connectivity index (χ2n) is 9.81. The van der Waals surface area contributed by atoms with Gasteiger partial charge in [0.25, 0.3) is 5.56 Å². The molecule has 0 atom stereocenters. The fourth-order valence-corrected chi connectivity index (χ4v) is 4.78. The molecule has 0 bridgehead atoms. The minimum atomic E-state index is -0.666. The summed E-state index contributed by atoms with van der Waals surface area (Å²) in [4.78, 5) is 29.8. The van der Waals surface area contributed by atoms with Crippen LogP contribution in [0.2, 0.25) is 0 Å². The molecule has 3 N–H and O–H groups in total. The van der Waals surface area contributed by atoms with Crippen molar-refractivity contribution < 1.29 is 23.1 Å². The zero-order valence-electron chi connectivity index (χ0n) is 23.0. The third kappa shape index (κ3) is 6.18. The molecule has 216 valence electrons. The number of anilines is 1. The van der Waals surface area contributed by atoms with E-state index in [-0.39, 0.29) is 31.3 Å². The van der Waals surface area contributed by atoms with E-state index in [1.54, 1.807) is 36.4 Å². The molecule has 6 rings (SSSR count). The summed E-state index contributed by atoms with van der Waals surface area (Å²) in [6, 6.07) is 26.4. The predicted octanol–water partition coefficient (Wildman–Crippen LogP) is 5.50. The fourth-order valence-electron chi connectivity index (χ4n) is 4.78. The normalized spacial score (nSPS) is 11.1. The van der Waals surface area contributed by atoms with Crippen LogP contribution >= 0.6 is 0 Å². The Morgan fingerprint density at radius 3 is 2.28 bits per heavy atom. The van der Waals surface area contributed by atoms with Crippen LogP contribution in [0.5, 0.6) is 11.5 Å². The van der Waals surface area contributed by atoms with Crippen molar-refractivity contribution in [1.29, 1.82) is 0 Å². The Labute approximate surface area is 245 Å². The third-order valence-electron chi connectivity index (χ3n) is 6.83. The number of furan rings is 1. The highest BCUT2D eigenvalue weighted by Crippen LogP contribution is 2.29. The summed E-state index contributed by atoms with van der Waals surface area (Å²) >= 11 is 0. The van der Waals surface area contributed by atoms with E-state index in [0.29, 0.717) is 29.4 Å². The number of rotatable bonds is 11. The first-order valence-corrected chi connectivity index (χ1v) is 13.6. The van der Waals surface area contributed by atoms with Gasteiger partial charge in [0.1, 0.15) is 59.8 Å². The molecule has 0 spiro atoms. The van der Waals surface area contributed by atoms with Crippen molar-refractivity contribution in [3.8, 4) is 22.9 Å². The average Bonchev–Trinajstić information content (AvgIpc) is 3.39. The Morgan fingerprint density at radius 1 is 0.884 bits per heavy atom. The maximum Gasteiger partial charge on any atom is 0.277 e. The van der Waals surface area contributed by atoms with E-state index in [9.17, 15) is 14.0 Å². The Hall–Kier alpha value is -5.64. The van der Waals surface area contributed by atoms with Gasteiger partial charge in [0, 0.05) is 22.9 Å². The van der Waals surface area contributed by atoms with Crippen molar-refractivity contribution in [3.05, 3.63) is 119 Å². The van der Waals surface area contributed by atoms with Gasteiger partial charge in [-0.1, -0.05) is 24.3 Å². The van der Waals surface area contributed by atoms with Crippen LogP contribution in [0, 0.1) is 5.82 Å². The maximum absolute atomic E-state index is 13.4. The van der Waals surface area contributed by atoms with Gasteiger partial charge in [-0.3, -0.25) is 14.2 Å². The maximum atomic E-state index is 13.4. The summed E-state index contributed by atoms with van der Waals surface area (Å²) in [5.74, 6) is 0.427. The van der Waals surface area contributed by atoms with E-state index in [2.05, 4.69) is 10.3 Å². The molecule has 0 aliphatic heterocycles. The highest BCUT2D eigenvalue weighted by Gasteiger charge is 2.15. The first kappa shape index (κ1) is 27.5. The Bertz CT molecular complexity index is 1970. The van der Waals surface area contributed by atoms with Crippen LogP contribution in [0.15, 0.2) is 106 Å². The van der Waals surface area contributed by atoms with Gasteiger partial charge >= 0.3 is 0 Å². The van der Waals surface area contributed by atoms with Crippen molar-refractivity contribution in [2.75, 3.05) is 18.5 Å². The minimum Gasteiger partial charge on any atom is -0.490 e. The number of aromatic nitrogens is 2. The number of halogens is 1. The molecule has 0 fully saturated rings. The molecule has 0 aliphatic carbocycles. The number of nitrogens with zero attached hydrogens (tertiary/aromatic N) is 2. The fraction of sp³-hybridized carbons (Fsp3) is 0.121. The summed E-state index contributed by atoms with van der Waals surface area (Å²) < 4.78 is 31.4. The lowest BCUT2D eigenvalue weighted by Gasteiger charge is -2.14. The van der Waals surface area contributed by atoms with Crippen LogP contribution in [-0.2, 0) is 17.9 Å². The summed E-state index contributed by atoms with van der Waals surface area (Å²) in [6.07, 6.45) is 1.46. The average molecular weight is 579 g/mol. The van der Waals surface area contributed by atoms with Crippen molar-refractivity contribution >= 4 is 33.5 Å². The molecule has 0 saturated carbocycles. The van der Waals surface area contributed by atoms with E-state index in [4.69, 9.17) is 19.6 Å². The number of primary amides is 1. The van der Waals surface area contributed by atoms with Crippen LogP contribution in [0.1, 0.15) is 5.56 Å². The van der Waals surface area contributed by atoms with Gasteiger partial charge in [0.05, 0.1) is 6.20 Å². The lowest BCUT2D eigenvalue weighted by molar-refractivity contribution is -0.118. The van der Waals surface area contributed by atoms with Crippen molar-refractivity contribution in [1.82, 2.24) is 9.55 Å². The number of nitrogens with two attached hydrogens (primary N) is 1. The largest absolute Gasteiger partial charge is 0.490 e. The van der Waals surface area contributed by atoms with E-state index < -0.39 is 11.5 Å². The third-order valence-corrected chi connectivity index (χ3v) is 6.83. The molecular formula is C33H27FN4O5. The molecule has 2 aromatic heterocycles. The van der Waals surface area contributed by atoms with Gasteiger partial charge in [-0.15, -0.1) is 0 Å². The molecule has 1 amide bonds. The summed E-state index contributed by atoms with van der Waals surface area (Å²) in [6.45, 7) is 0.571.